The summed E-state index contributed by atoms with van der Waals surface area (Å²) in [6, 6.07) is 8.38. The maximum Gasteiger partial charge on any atom is 0.0843 e. The van der Waals surface area contributed by atoms with Gasteiger partial charge in [-0.2, -0.15) is 4.37 Å². The summed E-state index contributed by atoms with van der Waals surface area (Å²) in [5, 5.41) is 1.32. The number of rotatable bonds is 4. The van der Waals surface area contributed by atoms with E-state index in [0.717, 1.165) is 11.9 Å². The molecule has 0 N–H and O–H groups in total. The van der Waals surface area contributed by atoms with E-state index in [1.807, 2.05) is 6.07 Å². The van der Waals surface area contributed by atoms with Crippen molar-refractivity contribution in [2.24, 2.45) is 0 Å². The lowest BCUT2D eigenvalue weighted by molar-refractivity contribution is 0.752. The first kappa shape index (κ1) is 11.1. The highest BCUT2D eigenvalue weighted by molar-refractivity contribution is 9.09. The number of fused-ring (bicyclic) bond motifs is 1. The molecule has 1 aromatic carbocycles. The predicted octanol–water partition coefficient (Wildman–Crippen LogP) is 4.40. The Balaban J connectivity index is 2.21. The van der Waals surface area contributed by atoms with E-state index in [4.69, 9.17) is 0 Å². The molecule has 3 heteroatoms. The summed E-state index contributed by atoms with van der Waals surface area (Å²) in [5.41, 5.74) is 1.13. The summed E-state index contributed by atoms with van der Waals surface area (Å²) < 4.78 is 4.45. The number of hydrogen-bond acceptors (Lipinski definition) is 2. The van der Waals surface area contributed by atoms with E-state index in [1.54, 1.807) is 11.5 Å². The van der Waals surface area contributed by atoms with Gasteiger partial charge in [0.05, 0.1) is 5.52 Å². The highest BCUT2D eigenvalue weighted by Gasteiger charge is 2.10. The van der Waals surface area contributed by atoms with E-state index in [-0.39, 0.29) is 0 Å². The molecule has 2 rings (SSSR count). The summed E-state index contributed by atoms with van der Waals surface area (Å²) >= 11 is 5.36. The van der Waals surface area contributed by atoms with Crippen molar-refractivity contribution in [3.05, 3.63) is 29.1 Å². The Kier molecular flexibility index (Phi) is 3.76. The zero-order valence-electron chi connectivity index (χ0n) is 8.74. The molecule has 1 aromatic heterocycles. The largest absolute Gasteiger partial charge is 0.192 e. The number of alkyl halides is 1. The summed E-state index contributed by atoms with van der Waals surface area (Å²) in [4.78, 5) is 1.99. The average molecular weight is 284 g/mol. The molecule has 0 radical (unpaired) electrons. The van der Waals surface area contributed by atoms with Crippen molar-refractivity contribution in [2.45, 2.75) is 31.0 Å². The zero-order chi connectivity index (χ0) is 10.7. The van der Waals surface area contributed by atoms with Crippen LogP contribution in [0.1, 0.15) is 24.6 Å². The summed E-state index contributed by atoms with van der Waals surface area (Å²) in [6.45, 7) is 2.22. The minimum absolute atomic E-state index is 0.589. The minimum atomic E-state index is 0.589. The van der Waals surface area contributed by atoms with Crippen LogP contribution >= 0.6 is 27.5 Å². The van der Waals surface area contributed by atoms with Gasteiger partial charge in [0.2, 0.25) is 0 Å². The van der Waals surface area contributed by atoms with E-state index in [0.29, 0.717) is 4.83 Å². The molecule has 1 nitrogen and oxygen atoms in total. The molecule has 0 amide bonds. The van der Waals surface area contributed by atoms with Crippen LogP contribution in [0, 0.1) is 0 Å². The molecule has 0 saturated carbocycles. The zero-order valence-corrected chi connectivity index (χ0v) is 11.1. The molecule has 1 atom stereocenters. The van der Waals surface area contributed by atoms with Crippen LogP contribution in [0.5, 0.6) is 0 Å². The van der Waals surface area contributed by atoms with Crippen LogP contribution < -0.4 is 0 Å². The van der Waals surface area contributed by atoms with E-state index in [1.165, 1.54) is 23.1 Å². The molecule has 0 aliphatic heterocycles. The van der Waals surface area contributed by atoms with E-state index < -0.39 is 0 Å². The molecule has 1 heterocycles. The summed E-state index contributed by atoms with van der Waals surface area (Å²) in [5.74, 6) is 0. The second-order valence-electron chi connectivity index (χ2n) is 3.71. The first-order valence-electron chi connectivity index (χ1n) is 5.28. The Bertz CT molecular complexity index is 438. The van der Waals surface area contributed by atoms with Gasteiger partial charge < -0.3 is 0 Å². The van der Waals surface area contributed by atoms with Crippen LogP contribution in [0.3, 0.4) is 0 Å². The first-order chi connectivity index (χ1) is 7.31. The predicted molar refractivity (Wildman–Crippen MR) is 70.9 cm³/mol. The van der Waals surface area contributed by atoms with Crippen molar-refractivity contribution < 1.29 is 0 Å². The van der Waals surface area contributed by atoms with Crippen LogP contribution in [0.15, 0.2) is 24.3 Å². The lowest BCUT2D eigenvalue weighted by Crippen LogP contribution is -2.00. The molecule has 0 spiro atoms. The fraction of sp³-hybridized carbons (Fsp3) is 0.417. The van der Waals surface area contributed by atoms with Gasteiger partial charge in [-0.05, 0) is 30.4 Å². The third-order valence-corrected chi connectivity index (χ3v) is 4.14. The molecule has 0 fully saturated rings. The van der Waals surface area contributed by atoms with Crippen molar-refractivity contribution in [3.63, 3.8) is 0 Å². The molecular weight excluding hydrogens is 270 g/mol. The summed E-state index contributed by atoms with van der Waals surface area (Å²) in [7, 11) is 0. The van der Waals surface area contributed by atoms with Crippen LogP contribution in [0.25, 0.3) is 10.9 Å². The van der Waals surface area contributed by atoms with Gasteiger partial charge in [-0.15, -0.1) is 0 Å². The Morgan fingerprint density at radius 3 is 3.00 bits per heavy atom. The minimum Gasteiger partial charge on any atom is -0.192 e. The van der Waals surface area contributed by atoms with Crippen molar-refractivity contribution >= 4 is 38.4 Å². The van der Waals surface area contributed by atoms with Gasteiger partial charge in [-0.25, -0.2) is 0 Å². The van der Waals surface area contributed by atoms with Crippen molar-refractivity contribution in [1.29, 1.82) is 0 Å². The second kappa shape index (κ2) is 5.08. The molecule has 15 heavy (non-hydrogen) atoms. The van der Waals surface area contributed by atoms with Gasteiger partial charge in [-0.1, -0.05) is 47.5 Å². The molecule has 0 aliphatic rings. The Morgan fingerprint density at radius 1 is 1.40 bits per heavy atom. The molecular formula is C12H14BrNS. The molecule has 2 aromatic rings. The normalized spacial score (nSPS) is 13.2. The van der Waals surface area contributed by atoms with Crippen LogP contribution in [0.4, 0.5) is 0 Å². The van der Waals surface area contributed by atoms with Crippen LogP contribution in [-0.4, -0.2) is 9.20 Å². The number of aromatic nitrogens is 1. The van der Waals surface area contributed by atoms with E-state index >= 15 is 0 Å². The standard InChI is InChI=1S/C12H14BrNS/c1-2-5-9(13)8-12-10-6-3-4-7-11(10)14-15-12/h3-4,6-7,9H,2,5,8H2,1H3. The Labute approximate surface area is 103 Å². The molecule has 0 bridgehead atoms. The lowest BCUT2D eigenvalue weighted by atomic mass is 10.1. The fourth-order valence-corrected chi connectivity index (χ4v) is 3.62. The second-order valence-corrected chi connectivity index (χ2v) is 5.87. The van der Waals surface area contributed by atoms with Crippen molar-refractivity contribution in [2.75, 3.05) is 0 Å². The van der Waals surface area contributed by atoms with Crippen LogP contribution in [-0.2, 0) is 6.42 Å². The van der Waals surface area contributed by atoms with E-state index in [9.17, 15) is 0 Å². The van der Waals surface area contributed by atoms with Crippen LogP contribution in [0.2, 0.25) is 0 Å². The van der Waals surface area contributed by atoms with Gasteiger partial charge in [0.15, 0.2) is 0 Å². The SMILES string of the molecule is CCCC(Br)Cc1snc2ccccc12. The third kappa shape index (κ3) is 2.58. The Morgan fingerprint density at radius 2 is 2.20 bits per heavy atom. The molecule has 1 unspecified atom stereocenters. The molecule has 80 valence electrons. The van der Waals surface area contributed by atoms with Gasteiger partial charge in [0, 0.05) is 15.1 Å². The molecule has 0 saturated heterocycles. The maximum absolute atomic E-state index is 4.45. The highest BCUT2D eigenvalue weighted by Crippen LogP contribution is 2.26. The highest BCUT2D eigenvalue weighted by atomic mass is 79.9. The first-order valence-corrected chi connectivity index (χ1v) is 6.97. The number of hydrogen-bond donors (Lipinski definition) is 0. The lowest BCUT2D eigenvalue weighted by Gasteiger charge is -2.05. The maximum atomic E-state index is 4.45. The van der Waals surface area contributed by atoms with Gasteiger partial charge >= 0.3 is 0 Å². The quantitative estimate of drug-likeness (QED) is 0.758. The summed E-state index contributed by atoms with van der Waals surface area (Å²) in [6.07, 6.45) is 3.55. The number of nitrogens with zero attached hydrogens (tertiary/aromatic N) is 1. The monoisotopic (exact) mass is 283 g/mol. The number of halogens is 1. The smallest absolute Gasteiger partial charge is 0.0843 e. The van der Waals surface area contributed by atoms with E-state index in [2.05, 4.69) is 45.4 Å². The average Bonchev–Trinajstić information content (AvgIpc) is 2.62. The molecule has 0 aliphatic carbocycles. The van der Waals surface area contributed by atoms with Gasteiger partial charge in [-0.3, -0.25) is 0 Å². The van der Waals surface area contributed by atoms with Gasteiger partial charge in [0.1, 0.15) is 0 Å². The number of benzene rings is 1. The third-order valence-electron chi connectivity index (χ3n) is 2.47. The Hall–Kier alpha value is -0.410. The van der Waals surface area contributed by atoms with Crippen molar-refractivity contribution in [1.82, 2.24) is 4.37 Å². The van der Waals surface area contributed by atoms with Crippen molar-refractivity contribution in [3.8, 4) is 0 Å². The topological polar surface area (TPSA) is 12.9 Å². The van der Waals surface area contributed by atoms with Gasteiger partial charge in [0.25, 0.3) is 0 Å². The fourth-order valence-electron chi connectivity index (χ4n) is 1.71.